The van der Waals surface area contributed by atoms with Crippen LogP contribution in [0.4, 0.5) is 0 Å². The van der Waals surface area contributed by atoms with Gasteiger partial charge >= 0.3 is 0 Å². The first-order valence-corrected chi connectivity index (χ1v) is 17.9. The minimum atomic E-state index is -0.0182. The summed E-state index contributed by atoms with van der Waals surface area (Å²) in [5, 5.41) is 1.08. The molecule has 0 atom stereocenters. The Morgan fingerprint density at radius 1 is 0.808 bits per heavy atom. The highest BCUT2D eigenvalue weighted by Gasteiger charge is 2.20. The molecule has 6 rings (SSSR count). The van der Waals surface area contributed by atoms with Gasteiger partial charge in [0.2, 0.25) is 11.8 Å². The molecule has 268 valence electrons. The fraction of sp³-hybridized carbons (Fsp3) is 0.238. The van der Waals surface area contributed by atoms with Crippen LogP contribution in [0, 0.1) is 6.92 Å². The molecule has 1 aromatic heterocycles. The van der Waals surface area contributed by atoms with Crippen LogP contribution in [0.25, 0.3) is 6.08 Å². The van der Waals surface area contributed by atoms with Crippen LogP contribution >= 0.6 is 23.2 Å². The van der Waals surface area contributed by atoms with Crippen molar-refractivity contribution in [3.63, 3.8) is 0 Å². The summed E-state index contributed by atoms with van der Waals surface area (Å²) >= 11 is 12.8. The van der Waals surface area contributed by atoms with Gasteiger partial charge in [0.15, 0.2) is 5.75 Å². The Bertz CT molecular complexity index is 1950. The largest absolute Gasteiger partial charge is 0.497 e. The van der Waals surface area contributed by atoms with Gasteiger partial charge in [-0.2, -0.15) is 0 Å². The zero-order valence-corrected chi connectivity index (χ0v) is 30.8. The third-order valence-corrected chi connectivity index (χ3v) is 9.40. The van der Waals surface area contributed by atoms with E-state index in [9.17, 15) is 4.79 Å². The molecule has 1 fully saturated rings. The van der Waals surface area contributed by atoms with E-state index in [1.807, 2.05) is 66.4 Å². The molecule has 0 spiro atoms. The van der Waals surface area contributed by atoms with Crippen molar-refractivity contribution in [1.29, 1.82) is 0 Å². The number of halogens is 2. The highest BCUT2D eigenvalue weighted by molar-refractivity contribution is 6.32. The summed E-state index contributed by atoms with van der Waals surface area (Å²) in [4.78, 5) is 21.7. The van der Waals surface area contributed by atoms with Crippen LogP contribution in [0.5, 0.6) is 28.9 Å². The van der Waals surface area contributed by atoms with Gasteiger partial charge in [-0.25, -0.2) is 4.98 Å². The first-order chi connectivity index (χ1) is 25.3. The van der Waals surface area contributed by atoms with Crippen molar-refractivity contribution in [2.24, 2.45) is 0 Å². The van der Waals surface area contributed by atoms with Crippen LogP contribution in [0.2, 0.25) is 10.0 Å². The average molecular weight is 739 g/mol. The molecule has 2 heterocycles. The molecule has 0 aliphatic carbocycles. The van der Waals surface area contributed by atoms with E-state index in [-0.39, 0.29) is 5.91 Å². The van der Waals surface area contributed by atoms with Crippen molar-refractivity contribution in [3.05, 3.63) is 147 Å². The molecule has 0 N–H and O–H groups in total. The molecule has 52 heavy (non-hydrogen) atoms. The lowest BCUT2D eigenvalue weighted by molar-refractivity contribution is -0.127. The van der Waals surface area contributed by atoms with Gasteiger partial charge < -0.3 is 23.8 Å². The van der Waals surface area contributed by atoms with Crippen molar-refractivity contribution in [1.82, 2.24) is 14.8 Å². The highest BCUT2D eigenvalue weighted by atomic mass is 35.5. The number of nitrogens with zero attached hydrogens (tertiary/aromatic N) is 3. The second-order valence-electron chi connectivity index (χ2n) is 12.5. The van der Waals surface area contributed by atoms with Crippen molar-refractivity contribution in [2.45, 2.75) is 26.5 Å². The number of carbonyl (C=O) groups excluding carboxylic acids is 1. The normalized spacial score (nSPS) is 13.3. The zero-order valence-electron chi connectivity index (χ0n) is 29.3. The summed E-state index contributed by atoms with van der Waals surface area (Å²) in [5.41, 5.74) is 5.01. The van der Waals surface area contributed by atoms with Crippen LogP contribution < -0.4 is 18.9 Å². The maximum atomic E-state index is 13.1. The SMILES string of the molecule is COc1cccc(OCCc2ccc(CN3CCN(C(=O)C=Cc4cc(C)c(Oc5ccc(OCc6ccccc6Cl)cn5)c(Cl)c4)CC3)cc2)c1. The number of aromatic nitrogens is 1. The number of pyridine rings is 1. The summed E-state index contributed by atoms with van der Waals surface area (Å²) in [6.07, 6.45) is 5.83. The maximum Gasteiger partial charge on any atom is 0.246 e. The third-order valence-electron chi connectivity index (χ3n) is 8.75. The summed E-state index contributed by atoms with van der Waals surface area (Å²) in [6.45, 7) is 6.66. The van der Waals surface area contributed by atoms with Gasteiger partial charge in [0.25, 0.3) is 0 Å². The predicted octanol–water partition coefficient (Wildman–Crippen LogP) is 9.06. The molecular formula is C42H41Cl2N3O5. The zero-order chi connectivity index (χ0) is 36.3. The number of rotatable bonds is 14. The molecular weight excluding hydrogens is 697 g/mol. The van der Waals surface area contributed by atoms with Gasteiger partial charge in [-0.05, 0) is 71.7 Å². The molecule has 1 saturated heterocycles. The van der Waals surface area contributed by atoms with Crippen molar-refractivity contribution >= 4 is 35.2 Å². The Morgan fingerprint density at radius 2 is 1.58 bits per heavy atom. The smallest absolute Gasteiger partial charge is 0.246 e. The number of amides is 1. The average Bonchev–Trinajstić information content (AvgIpc) is 3.16. The number of hydrogen-bond donors (Lipinski definition) is 0. The van der Waals surface area contributed by atoms with Crippen molar-refractivity contribution in [3.8, 4) is 28.9 Å². The van der Waals surface area contributed by atoms with Crippen molar-refractivity contribution < 1.29 is 23.7 Å². The molecule has 5 aromatic rings. The van der Waals surface area contributed by atoms with Crippen LogP contribution in [0.15, 0.2) is 109 Å². The number of methoxy groups -OCH3 is 1. The molecule has 8 nitrogen and oxygen atoms in total. The molecule has 0 saturated carbocycles. The van der Waals surface area contributed by atoms with E-state index < -0.39 is 0 Å². The number of ether oxygens (including phenoxy) is 4. The lowest BCUT2D eigenvalue weighted by Crippen LogP contribution is -2.47. The first-order valence-electron chi connectivity index (χ1n) is 17.2. The summed E-state index contributed by atoms with van der Waals surface area (Å²) < 4.78 is 23.0. The fourth-order valence-corrected chi connectivity index (χ4v) is 6.33. The summed E-state index contributed by atoms with van der Waals surface area (Å²) in [5.74, 6) is 3.06. The second kappa shape index (κ2) is 18.0. The van der Waals surface area contributed by atoms with E-state index in [2.05, 4.69) is 34.1 Å². The van der Waals surface area contributed by atoms with Crippen LogP contribution in [-0.4, -0.2) is 60.6 Å². The third kappa shape index (κ3) is 10.3. The minimum absolute atomic E-state index is 0.0182. The lowest BCUT2D eigenvalue weighted by atomic mass is 10.1. The van der Waals surface area contributed by atoms with E-state index in [0.29, 0.717) is 53.7 Å². The summed E-state index contributed by atoms with van der Waals surface area (Å²) in [6, 6.07) is 31.1. The molecule has 1 aliphatic heterocycles. The van der Waals surface area contributed by atoms with Crippen LogP contribution in [0.1, 0.15) is 27.8 Å². The predicted molar refractivity (Wildman–Crippen MR) is 206 cm³/mol. The van der Waals surface area contributed by atoms with Gasteiger partial charge in [-0.3, -0.25) is 9.69 Å². The van der Waals surface area contributed by atoms with Gasteiger partial charge in [0.05, 0.1) is 24.9 Å². The molecule has 10 heteroatoms. The molecule has 0 unspecified atom stereocenters. The number of piperazine rings is 1. The number of carbonyl (C=O) groups is 1. The van der Waals surface area contributed by atoms with E-state index in [1.165, 1.54) is 11.1 Å². The van der Waals surface area contributed by atoms with Gasteiger partial charge in [0, 0.05) is 67.9 Å². The number of aryl methyl sites for hydroxylation is 1. The Balaban J connectivity index is 0.932. The second-order valence-corrected chi connectivity index (χ2v) is 13.3. The van der Waals surface area contributed by atoms with E-state index in [1.54, 1.807) is 43.7 Å². The Morgan fingerprint density at radius 3 is 2.31 bits per heavy atom. The van der Waals surface area contributed by atoms with E-state index >= 15 is 0 Å². The molecule has 4 aromatic carbocycles. The molecule has 1 amide bonds. The minimum Gasteiger partial charge on any atom is -0.497 e. The monoisotopic (exact) mass is 737 g/mol. The Hall–Kier alpha value is -5.02. The standard InChI is InChI=1S/C42H41Cl2N3O5/c1-30-24-33(25-39(44)42(30)52-40-16-15-37(27-45-40)51-29-34-6-3-4-9-38(34)43)14-17-41(48)47-21-19-46(20-22-47)28-32-12-10-31(11-13-32)18-23-50-36-8-5-7-35(26-36)49-2/h3-17,24-27H,18-23,28-29H2,1-2H3. The van der Waals surface area contributed by atoms with Gasteiger partial charge in [-0.15, -0.1) is 0 Å². The van der Waals surface area contributed by atoms with Gasteiger partial charge in [-0.1, -0.05) is 71.7 Å². The first kappa shape index (κ1) is 36.8. The van der Waals surface area contributed by atoms with Crippen molar-refractivity contribution in [2.75, 3.05) is 39.9 Å². The van der Waals surface area contributed by atoms with Crippen LogP contribution in [-0.2, 0) is 24.4 Å². The van der Waals surface area contributed by atoms with Crippen LogP contribution in [0.3, 0.4) is 0 Å². The fourth-order valence-electron chi connectivity index (χ4n) is 5.82. The molecule has 0 radical (unpaired) electrons. The topological polar surface area (TPSA) is 73.4 Å². The summed E-state index contributed by atoms with van der Waals surface area (Å²) in [7, 11) is 1.65. The Labute approximate surface area is 315 Å². The molecule has 1 aliphatic rings. The molecule has 0 bridgehead atoms. The lowest BCUT2D eigenvalue weighted by Gasteiger charge is -2.34. The number of benzene rings is 4. The number of hydrogen-bond acceptors (Lipinski definition) is 7. The Kier molecular flexibility index (Phi) is 12.7. The van der Waals surface area contributed by atoms with Gasteiger partial charge in [0.1, 0.15) is 23.9 Å². The maximum absolute atomic E-state index is 13.1. The van der Waals surface area contributed by atoms with E-state index in [0.717, 1.165) is 54.2 Å². The highest BCUT2D eigenvalue weighted by Crippen LogP contribution is 2.34. The quantitative estimate of drug-likeness (QED) is 0.105. The van der Waals surface area contributed by atoms with E-state index in [4.69, 9.17) is 42.1 Å².